The van der Waals surface area contributed by atoms with Crippen LogP contribution in [-0.2, 0) is 16.6 Å². The summed E-state index contributed by atoms with van der Waals surface area (Å²) in [7, 11) is 0. The van der Waals surface area contributed by atoms with Crippen LogP contribution in [0.5, 0.6) is 5.75 Å². The molecular weight excluding hydrogens is 247 g/mol. The highest BCUT2D eigenvalue weighted by Crippen LogP contribution is 2.48. The summed E-state index contributed by atoms with van der Waals surface area (Å²) in [6, 6.07) is 3.11. The number of carboxylic acid groups (broad SMARTS) is 1. The number of benzene rings is 1. The minimum Gasteiger partial charge on any atom is -0.493 e. The molecule has 0 unspecified atom stereocenters. The normalized spacial score (nSPS) is 20.7. The second-order valence-electron chi connectivity index (χ2n) is 5.46. The fourth-order valence-corrected chi connectivity index (χ4v) is 3.40. The van der Waals surface area contributed by atoms with Gasteiger partial charge in [0.2, 0.25) is 0 Å². The van der Waals surface area contributed by atoms with Crippen LogP contribution in [0.25, 0.3) is 0 Å². The number of halogens is 1. The average molecular weight is 264 g/mol. The second-order valence-corrected chi connectivity index (χ2v) is 5.46. The van der Waals surface area contributed by atoms with Crippen LogP contribution in [0, 0.1) is 5.82 Å². The van der Waals surface area contributed by atoms with E-state index in [1.54, 1.807) is 6.07 Å². The first-order valence-corrected chi connectivity index (χ1v) is 6.83. The molecule has 1 N–H and O–H groups in total. The van der Waals surface area contributed by atoms with Gasteiger partial charge in [-0.1, -0.05) is 18.9 Å². The number of hydrogen-bond acceptors (Lipinski definition) is 2. The van der Waals surface area contributed by atoms with Crippen molar-refractivity contribution in [3.8, 4) is 5.75 Å². The van der Waals surface area contributed by atoms with Gasteiger partial charge in [-0.3, -0.25) is 4.79 Å². The summed E-state index contributed by atoms with van der Waals surface area (Å²) < 4.78 is 19.9. The van der Waals surface area contributed by atoms with Crippen molar-refractivity contribution in [2.45, 2.75) is 43.9 Å². The lowest BCUT2D eigenvalue weighted by Crippen LogP contribution is -2.35. The summed E-state index contributed by atoms with van der Waals surface area (Å²) in [4.78, 5) is 11.7. The summed E-state index contributed by atoms with van der Waals surface area (Å²) in [5, 5.41) is 9.62. The molecule has 0 atom stereocenters. The van der Waals surface area contributed by atoms with Crippen LogP contribution in [0.3, 0.4) is 0 Å². The molecule has 0 radical (unpaired) electrons. The van der Waals surface area contributed by atoms with Crippen LogP contribution in [0.1, 0.15) is 43.2 Å². The molecule has 1 aromatic carbocycles. The van der Waals surface area contributed by atoms with Crippen molar-refractivity contribution in [3.05, 3.63) is 29.1 Å². The Labute approximate surface area is 111 Å². The van der Waals surface area contributed by atoms with Crippen LogP contribution in [0.4, 0.5) is 4.39 Å². The molecule has 0 amide bonds. The van der Waals surface area contributed by atoms with Crippen molar-refractivity contribution in [2.75, 3.05) is 6.61 Å². The van der Waals surface area contributed by atoms with Crippen molar-refractivity contribution < 1.29 is 19.0 Å². The third kappa shape index (κ3) is 1.81. The predicted octanol–water partition coefficient (Wildman–Crippen LogP) is 3.05. The maximum absolute atomic E-state index is 14.3. The molecule has 0 aromatic heterocycles. The number of carboxylic acids is 1. The van der Waals surface area contributed by atoms with E-state index in [-0.39, 0.29) is 5.56 Å². The van der Waals surface area contributed by atoms with Crippen molar-refractivity contribution >= 4 is 5.97 Å². The Bertz CT molecular complexity index is 518. The molecule has 1 aliphatic carbocycles. The van der Waals surface area contributed by atoms with Gasteiger partial charge in [-0.15, -0.1) is 0 Å². The van der Waals surface area contributed by atoms with E-state index in [0.29, 0.717) is 25.2 Å². The van der Waals surface area contributed by atoms with Crippen LogP contribution in [-0.4, -0.2) is 17.7 Å². The third-order valence-corrected chi connectivity index (χ3v) is 4.37. The van der Waals surface area contributed by atoms with Gasteiger partial charge >= 0.3 is 5.97 Å². The van der Waals surface area contributed by atoms with Crippen molar-refractivity contribution in [1.29, 1.82) is 0 Å². The number of aliphatic carboxylic acids is 1. The molecule has 0 saturated heterocycles. The molecule has 3 nitrogen and oxygen atoms in total. The SMILES string of the molecule is O=C(O)C1(c2c(F)ccc3c2OCCC3)CCCC1. The number of rotatable bonds is 2. The first kappa shape index (κ1) is 12.5. The van der Waals surface area contributed by atoms with Crippen molar-refractivity contribution in [1.82, 2.24) is 0 Å². The molecule has 1 fully saturated rings. The van der Waals surface area contributed by atoms with Gasteiger partial charge in [-0.25, -0.2) is 4.39 Å². The minimum absolute atomic E-state index is 0.287. The molecule has 4 heteroatoms. The van der Waals surface area contributed by atoms with E-state index in [2.05, 4.69) is 0 Å². The maximum Gasteiger partial charge on any atom is 0.314 e. The number of carbonyl (C=O) groups is 1. The van der Waals surface area contributed by atoms with Gasteiger partial charge in [-0.05, 0) is 37.3 Å². The van der Waals surface area contributed by atoms with E-state index in [1.807, 2.05) is 0 Å². The zero-order valence-corrected chi connectivity index (χ0v) is 10.7. The van der Waals surface area contributed by atoms with E-state index >= 15 is 0 Å². The first-order valence-electron chi connectivity index (χ1n) is 6.83. The highest BCUT2D eigenvalue weighted by atomic mass is 19.1. The molecule has 19 heavy (non-hydrogen) atoms. The summed E-state index contributed by atoms with van der Waals surface area (Å²) in [6.07, 6.45) is 4.39. The van der Waals surface area contributed by atoms with Gasteiger partial charge in [-0.2, -0.15) is 0 Å². The summed E-state index contributed by atoms with van der Waals surface area (Å²) >= 11 is 0. The van der Waals surface area contributed by atoms with E-state index < -0.39 is 17.2 Å². The highest BCUT2D eigenvalue weighted by molar-refractivity contribution is 5.83. The topological polar surface area (TPSA) is 46.5 Å². The molecule has 2 aliphatic rings. The van der Waals surface area contributed by atoms with E-state index in [0.717, 1.165) is 31.2 Å². The lowest BCUT2D eigenvalue weighted by molar-refractivity contribution is -0.143. The zero-order chi connectivity index (χ0) is 13.5. The Balaban J connectivity index is 2.20. The van der Waals surface area contributed by atoms with Crippen LogP contribution >= 0.6 is 0 Å². The average Bonchev–Trinajstić information content (AvgIpc) is 2.89. The van der Waals surface area contributed by atoms with Gasteiger partial charge in [0.25, 0.3) is 0 Å². The van der Waals surface area contributed by atoms with Gasteiger partial charge < -0.3 is 9.84 Å². The lowest BCUT2D eigenvalue weighted by atomic mass is 9.77. The standard InChI is InChI=1S/C15H17FO3/c16-11-6-5-10-4-3-9-19-13(10)12(11)15(14(17)18)7-1-2-8-15/h5-6H,1-4,7-9H2,(H,17,18). The molecular formula is C15H17FO3. The Morgan fingerprint density at radius 2 is 2.00 bits per heavy atom. The summed E-state index contributed by atoms with van der Waals surface area (Å²) in [6.45, 7) is 0.541. The molecule has 1 aromatic rings. The fourth-order valence-electron chi connectivity index (χ4n) is 3.40. The number of aryl methyl sites for hydroxylation is 1. The Morgan fingerprint density at radius 3 is 2.68 bits per heavy atom. The fraction of sp³-hybridized carbons (Fsp3) is 0.533. The molecule has 1 aliphatic heterocycles. The van der Waals surface area contributed by atoms with Crippen LogP contribution < -0.4 is 4.74 Å². The summed E-state index contributed by atoms with van der Waals surface area (Å²) in [5.74, 6) is -0.869. The first-order chi connectivity index (χ1) is 9.15. The number of fused-ring (bicyclic) bond motifs is 1. The third-order valence-electron chi connectivity index (χ3n) is 4.37. The molecule has 1 heterocycles. The largest absolute Gasteiger partial charge is 0.493 e. The molecule has 102 valence electrons. The van der Waals surface area contributed by atoms with E-state index in [4.69, 9.17) is 4.74 Å². The van der Waals surface area contributed by atoms with Crippen LogP contribution in [0.15, 0.2) is 12.1 Å². The summed E-state index contributed by atoms with van der Waals surface area (Å²) in [5.41, 5.74) is 0.136. The van der Waals surface area contributed by atoms with Crippen molar-refractivity contribution in [3.63, 3.8) is 0 Å². The molecule has 3 rings (SSSR count). The Morgan fingerprint density at radius 1 is 1.26 bits per heavy atom. The molecule has 0 bridgehead atoms. The number of hydrogen-bond donors (Lipinski definition) is 1. The minimum atomic E-state index is -1.09. The van der Waals surface area contributed by atoms with Crippen molar-refractivity contribution in [2.24, 2.45) is 0 Å². The van der Waals surface area contributed by atoms with Gasteiger partial charge in [0.1, 0.15) is 11.6 Å². The quantitative estimate of drug-likeness (QED) is 0.893. The monoisotopic (exact) mass is 264 g/mol. The smallest absolute Gasteiger partial charge is 0.314 e. The Hall–Kier alpha value is -1.58. The zero-order valence-electron chi connectivity index (χ0n) is 10.7. The van der Waals surface area contributed by atoms with Gasteiger partial charge in [0, 0.05) is 5.56 Å². The highest BCUT2D eigenvalue weighted by Gasteiger charge is 2.47. The second kappa shape index (κ2) is 4.51. The molecule has 0 spiro atoms. The van der Waals surface area contributed by atoms with E-state index in [9.17, 15) is 14.3 Å². The number of ether oxygens (including phenoxy) is 1. The predicted molar refractivity (Wildman–Crippen MR) is 68.0 cm³/mol. The van der Waals surface area contributed by atoms with Gasteiger partial charge in [0.05, 0.1) is 12.0 Å². The lowest BCUT2D eigenvalue weighted by Gasteiger charge is -2.30. The van der Waals surface area contributed by atoms with Crippen LogP contribution in [0.2, 0.25) is 0 Å². The van der Waals surface area contributed by atoms with Gasteiger partial charge in [0.15, 0.2) is 0 Å². The maximum atomic E-state index is 14.3. The van der Waals surface area contributed by atoms with E-state index in [1.165, 1.54) is 6.07 Å². The Kier molecular flexibility index (Phi) is 2.96. The molecule has 1 saturated carbocycles.